The molecule has 5 heteroatoms. The van der Waals surface area contributed by atoms with Crippen molar-refractivity contribution >= 4 is 5.91 Å². The molecule has 1 fully saturated rings. The minimum Gasteiger partial charge on any atom is -0.390 e. The van der Waals surface area contributed by atoms with Gasteiger partial charge in [0.05, 0.1) is 12.0 Å². The Morgan fingerprint density at radius 2 is 1.95 bits per heavy atom. The Kier molecular flexibility index (Phi) is 3.85. The summed E-state index contributed by atoms with van der Waals surface area (Å²) in [5.74, 6) is -3.64. The second-order valence-corrected chi connectivity index (χ2v) is 5.00. The van der Waals surface area contributed by atoms with Gasteiger partial charge in [0, 0.05) is 0 Å². The zero-order chi connectivity index (χ0) is 13.9. The van der Waals surface area contributed by atoms with Gasteiger partial charge in [-0.3, -0.25) is 4.79 Å². The number of carbonyl (C=O) groups excluding carboxylic acids is 1. The number of benzene rings is 1. The zero-order valence-corrected chi connectivity index (χ0v) is 10.5. The number of hydrogen-bond donors (Lipinski definition) is 2. The van der Waals surface area contributed by atoms with E-state index in [4.69, 9.17) is 5.11 Å². The number of amides is 1. The zero-order valence-electron chi connectivity index (χ0n) is 10.5. The van der Waals surface area contributed by atoms with E-state index in [-0.39, 0.29) is 5.91 Å². The summed E-state index contributed by atoms with van der Waals surface area (Å²) in [6.45, 7) is -2.08. The average molecular weight is 269 g/mol. The van der Waals surface area contributed by atoms with Crippen molar-refractivity contribution in [3.05, 3.63) is 35.9 Å². The number of halogens is 2. The van der Waals surface area contributed by atoms with Gasteiger partial charge in [0.2, 0.25) is 5.91 Å². The van der Waals surface area contributed by atoms with Crippen molar-refractivity contribution in [1.82, 2.24) is 5.32 Å². The largest absolute Gasteiger partial charge is 0.390 e. The van der Waals surface area contributed by atoms with Crippen molar-refractivity contribution < 1.29 is 18.7 Å². The number of aliphatic hydroxyl groups excluding tert-OH is 1. The van der Waals surface area contributed by atoms with Gasteiger partial charge in [0.25, 0.3) is 5.92 Å². The summed E-state index contributed by atoms with van der Waals surface area (Å²) in [4.78, 5) is 12.2. The number of carbonyl (C=O) groups is 1. The van der Waals surface area contributed by atoms with Gasteiger partial charge in [0.15, 0.2) is 0 Å². The van der Waals surface area contributed by atoms with Crippen molar-refractivity contribution in [2.75, 3.05) is 13.2 Å². The summed E-state index contributed by atoms with van der Waals surface area (Å²) in [5, 5.41) is 10.8. The van der Waals surface area contributed by atoms with Gasteiger partial charge in [0.1, 0.15) is 6.61 Å². The van der Waals surface area contributed by atoms with Crippen LogP contribution in [0.2, 0.25) is 0 Å². The third kappa shape index (κ3) is 2.76. The summed E-state index contributed by atoms with van der Waals surface area (Å²) in [6.07, 6.45) is 2.26. The highest BCUT2D eigenvalue weighted by molar-refractivity contribution is 5.89. The van der Waals surface area contributed by atoms with Crippen LogP contribution in [-0.2, 0) is 10.2 Å². The second kappa shape index (κ2) is 5.25. The van der Waals surface area contributed by atoms with Crippen LogP contribution in [0.1, 0.15) is 24.8 Å². The van der Waals surface area contributed by atoms with Crippen molar-refractivity contribution in [3.63, 3.8) is 0 Å². The first-order chi connectivity index (χ1) is 9.00. The van der Waals surface area contributed by atoms with Crippen LogP contribution in [0.3, 0.4) is 0 Å². The molecule has 1 aromatic carbocycles. The fourth-order valence-electron chi connectivity index (χ4n) is 2.37. The fourth-order valence-corrected chi connectivity index (χ4v) is 2.37. The lowest BCUT2D eigenvalue weighted by Gasteiger charge is -2.41. The molecule has 0 heterocycles. The fraction of sp³-hybridized carbons (Fsp3) is 0.500. The van der Waals surface area contributed by atoms with E-state index in [0.717, 1.165) is 12.0 Å². The smallest absolute Gasteiger partial charge is 0.287 e. The van der Waals surface area contributed by atoms with Crippen LogP contribution < -0.4 is 5.32 Å². The maximum Gasteiger partial charge on any atom is 0.287 e. The van der Waals surface area contributed by atoms with Crippen molar-refractivity contribution in [2.24, 2.45) is 0 Å². The van der Waals surface area contributed by atoms with Gasteiger partial charge in [-0.2, -0.15) is 0 Å². The molecule has 1 aliphatic rings. The van der Waals surface area contributed by atoms with Crippen molar-refractivity contribution in [2.45, 2.75) is 30.6 Å². The Balaban J connectivity index is 2.08. The van der Waals surface area contributed by atoms with Crippen LogP contribution >= 0.6 is 0 Å². The minimum atomic E-state index is -3.27. The van der Waals surface area contributed by atoms with Crippen LogP contribution in [0.25, 0.3) is 0 Å². The third-order valence-corrected chi connectivity index (χ3v) is 3.71. The summed E-state index contributed by atoms with van der Waals surface area (Å²) in [7, 11) is 0. The first-order valence-corrected chi connectivity index (χ1v) is 6.33. The summed E-state index contributed by atoms with van der Waals surface area (Å²) in [5.41, 5.74) is 0.193. The Hall–Kier alpha value is -1.49. The van der Waals surface area contributed by atoms with Crippen LogP contribution in [-0.4, -0.2) is 30.1 Å². The van der Waals surface area contributed by atoms with E-state index < -0.39 is 24.5 Å². The highest BCUT2D eigenvalue weighted by Crippen LogP contribution is 2.43. The maximum absolute atomic E-state index is 13.0. The average Bonchev–Trinajstić information content (AvgIpc) is 2.37. The molecule has 0 radical (unpaired) electrons. The molecule has 3 nitrogen and oxygen atoms in total. The predicted molar refractivity (Wildman–Crippen MR) is 67.0 cm³/mol. The molecule has 0 atom stereocenters. The Morgan fingerprint density at radius 3 is 2.42 bits per heavy atom. The highest BCUT2D eigenvalue weighted by atomic mass is 19.3. The van der Waals surface area contributed by atoms with Crippen molar-refractivity contribution in [1.29, 1.82) is 0 Å². The lowest BCUT2D eigenvalue weighted by atomic mass is 9.64. The molecule has 2 N–H and O–H groups in total. The molecule has 0 unspecified atom stereocenters. The van der Waals surface area contributed by atoms with Crippen LogP contribution in [0.4, 0.5) is 8.78 Å². The Labute approximate surface area is 110 Å². The molecule has 0 saturated heterocycles. The number of hydrogen-bond acceptors (Lipinski definition) is 2. The lowest BCUT2D eigenvalue weighted by Crippen LogP contribution is -2.52. The first-order valence-electron chi connectivity index (χ1n) is 6.33. The molecule has 2 rings (SSSR count). The summed E-state index contributed by atoms with van der Waals surface area (Å²) in [6, 6.07) is 9.23. The minimum absolute atomic E-state index is 0.377. The Morgan fingerprint density at radius 1 is 1.32 bits per heavy atom. The number of aliphatic hydroxyl groups is 1. The normalized spacial score (nSPS) is 17.6. The van der Waals surface area contributed by atoms with Gasteiger partial charge >= 0.3 is 0 Å². The monoisotopic (exact) mass is 269 g/mol. The van der Waals surface area contributed by atoms with Gasteiger partial charge in [-0.05, 0) is 18.4 Å². The molecule has 1 aliphatic carbocycles. The molecule has 104 valence electrons. The van der Waals surface area contributed by atoms with E-state index in [0.29, 0.717) is 12.8 Å². The van der Waals surface area contributed by atoms with Gasteiger partial charge < -0.3 is 10.4 Å². The molecule has 19 heavy (non-hydrogen) atoms. The molecular formula is C14H17F2NO2. The van der Waals surface area contributed by atoms with E-state index in [2.05, 4.69) is 5.32 Å². The molecule has 0 spiro atoms. The molecule has 1 aromatic rings. The second-order valence-electron chi connectivity index (χ2n) is 5.00. The van der Waals surface area contributed by atoms with Crippen molar-refractivity contribution in [3.8, 4) is 0 Å². The van der Waals surface area contributed by atoms with Gasteiger partial charge in [-0.25, -0.2) is 8.78 Å². The van der Waals surface area contributed by atoms with Gasteiger partial charge in [-0.1, -0.05) is 36.8 Å². The van der Waals surface area contributed by atoms with E-state index in [1.165, 1.54) is 0 Å². The number of nitrogens with one attached hydrogen (secondary N) is 1. The van der Waals surface area contributed by atoms with E-state index >= 15 is 0 Å². The van der Waals surface area contributed by atoms with E-state index in [9.17, 15) is 13.6 Å². The Bertz CT molecular complexity index is 444. The predicted octanol–water partition coefficient (Wildman–Crippen LogP) is 1.85. The summed E-state index contributed by atoms with van der Waals surface area (Å²) < 4.78 is 25.9. The highest BCUT2D eigenvalue weighted by Gasteiger charge is 2.46. The van der Waals surface area contributed by atoms with Gasteiger partial charge in [-0.15, -0.1) is 0 Å². The van der Waals surface area contributed by atoms with Crippen LogP contribution in [0.15, 0.2) is 30.3 Å². The van der Waals surface area contributed by atoms with Crippen LogP contribution in [0.5, 0.6) is 0 Å². The lowest BCUT2D eigenvalue weighted by molar-refractivity contribution is -0.132. The topological polar surface area (TPSA) is 49.3 Å². The molecule has 0 aromatic heterocycles. The van der Waals surface area contributed by atoms with E-state index in [1.54, 1.807) is 0 Å². The SMILES string of the molecule is O=C(NCC(F)(F)CO)C1(c2ccccc2)CCC1. The standard InChI is InChI=1S/C14H17F2NO2/c15-14(16,10-18)9-17-12(19)13(7-4-8-13)11-5-2-1-3-6-11/h1-3,5-6,18H,4,7-10H2,(H,17,19). The quantitative estimate of drug-likeness (QED) is 0.857. The molecule has 0 aliphatic heterocycles. The maximum atomic E-state index is 13.0. The molecule has 1 amide bonds. The third-order valence-electron chi connectivity index (χ3n) is 3.71. The molecule has 0 bridgehead atoms. The molecular weight excluding hydrogens is 252 g/mol. The summed E-state index contributed by atoms with van der Waals surface area (Å²) >= 11 is 0. The molecule has 1 saturated carbocycles. The number of rotatable bonds is 5. The number of alkyl halides is 2. The van der Waals surface area contributed by atoms with E-state index in [1.807, 2.05) is 30.3 Å². The first kappa shape index (κ1) is 13.9. The van der Waals surface area contributed by atoms with Crippen LogP contribution in [0, 0.1) is 0 Å².